The number of anilines is 1. The summed E-state index contributed by atoms with van der Waals surface area (Å²) in [6.07, 6.45) is 7.21. The minimum atomic E-state index is -0.105. The molecule has 0 spiro atoms. The van der Waals surface area contributed by atoms with Crippen molar-refractivity contribution in [1.29, 1.82) is 0 Å². The van der Waals surface area contributed by atoms with E-state index in [1.54, 1.807) is 12.4 Å². The molecule has 0 saturated heterocycles. The van der Waals surface area contributed by atoms with E-state index in [4.69, 9.17) is 0 Å². The molecule has 21 heavy (non-hydrogen) atoms. The number of nitrogens with one attached hydrogen (secondary N) is 1. The topological polar surface area (TPSA) is 59.8 Å². The number of hydrogen-bond donors (Lipinski definition) is 1. The van der Waals surface area contributed by atoms with E-state index < -0.39 is 0 Å². The number of aromatic nitrogens is 3. The SMILES string of the molecule is CCCCn1ncc(NC(C)c2cccnc2)c(Br)c1=O. The zero-order chi connectivity index (χ0) is 15.2. The van der Waals surface area contributed by atoms with Gasteiger partial charge in [0.05, 0.1) is 17.9 Å². The van der Waals surface area contributed by atoms with Gasteiger partial charge < -0.3 is 5.32 Å². The maximum Gasteiger partial charge on any atom is 0.283 e. The van der Waals surface area contributed by atoms with Gasteiger partial charge in [-0.05, 0) is 40.9 Å². The van der Waals surface area contributed by atoms with Gasteiger partial charge in [0, 0.05) is 18.9 Å². The van der Waals surface area contributed by atoms with Crippen LogP contribution in [0.2, 0.25) is 0 Å². The van der Waals surface area contributed by atoms with Gasteiger partial charge in [0.25, 0.3) is 5.56 Å². The minimum absolute atomic E-state index is 0.0442. The van der Waals surface area contributed by atoms with E-state index in [0.717, 1.165) is 18.4 Å². The molecule has 0 bridgehead atoms. The maximum absolute atomic E-state index is 12.2. The van der Waals surface area contributed by atoms with E-state index in [1.165, 1.54) is 4.68 Å². The summed E-state index contributed by atoms with van der Waals surface area (Å²) >= 11 is 3.37. The van der Waals surface area contributed by atoms with Crippen LogP contribution in [0.5, 0.6) is 0 Å². The lowest BCUT2D eigenvalue weighted by Crippen LogP contribution is -2.25. The van der Waals surface area contributed by atoms with Crippen LogP contribution in [0, 0.1) is 0 Å². The van der Waals surface area contributed by atoms with Gasteiger partial charge in [-0.15, -0.1) is 0 Å². The average Bonchev–Trinajstić information content (AvgIpc) is 2.52. The van der Waals surface area contributed by atoms with E-state index in [1.807, 2.05) is 25.3 Å². The standard InChI is InChI=1S/C15H19BrN4O/c1-3-4-8-20-15(21)14(16)13(10-18-20)19-11(2)12-6-5-7-17-9-12/h5-7,9-11,19H,3-4,8H2,1-2H3. The van der Waals surface area contributed by atoms with E-state index in [2.05, 4.69) is 38.3 Å². The normalized spacial score (nSPS) is 12.1. The molecule has 0 aliphatic rings. The Hall–Kier alpha value is -1.69. The molecule has 2 aromatic rings. The Morgan fingerprint density at radius 2 is 2.24 bits per heavy atom. The Balaban J connectivity index is 2.18. The van der Waals surface area contributed by atoms with E-state index in [9.17, 15) is 4.79 Å². The fourth-order valence-electron chi connectivity index (χ4n) is 1.98. The Morgan fingerprint density at radius 1 is 1.43 bits per heavy atom. The summed E-state index contributed by atoms with van der Waals surface area (Å²) in [5, 5.41) is 7.51. The number of unbranched alkanes of at least 4 members (excludes halogenated alkanes) is 1. The third kappa shape index (κ3) is 3.91. The van der Waals surface area contributed by atoms with Crippen LogP contribution in [-0.2, 0) is 6.54 Å². The van der Waals surface area contributed by atoms with Crippen molar-refractivity contribution in [3.63, 3.8) is 0 Å². The highest BCUT2D eigenvalue weighted by Gasteiger charge is 2.12. The lowest BCUT2D eigenvalue weighted by Gasteiger charge is -2.16. The zero-order valence-corrected chi connectivity index (χ0v) is 13.8. The molecule has 0 fully saturated rings. The van der Waals surface area contributed by atoms with Crippen LogP contribution in [0.1, 0.15) is 38.3 Å². The summed E-state index contributed by atoms with van der Waals surface area (Å²) in [5.41, 5.74) is 1.65. The number of halogens is 1. The van der Waals surface area contributed by atoms with Crippen molar-refractivity contribution in [2.75, 3.05) is 5.32 Å². The molecule has 0 aliphatic carbocycles. The molecule has 1 atom stereocenters. The van der Waals surface area contributed by atoms with Crippen LogP contribution in [0.25, 0.3) is 0 Å². The van der Waals surface area contributed by atoms with E-state index >= 15 is 0 Å². The molecule has 2 aromatic heterocycles. The third-order valence-electron chi connectivity index (χ3n) is 3.26. The first-order chi connectivity index (χ1) is 10.1. The van der Waals surface area contributed by atoms with E-state index in [-0.39, 0.29) is 11.6 Å². The lowest BCUT2D eigenvalue weighted by atomic mass is 10.1. The smallest absolute Gasteiger partial charge is 0.283 e. The Bertz CT molecular complexity index is 642. The number of nitrogens with zero attached hydrogens (tertiary/aromatic N) is 3. The molecule has 2 rings (SSSR count). The first-order valence-electron chi connectivity index (χ1n) is 7.05. The van der Waals surface area contributed by atoms with Crippen molar-refractivity contribution >= 4 is 21.6 Å². The molecule has 0 amide bonds. The highest BCUT2D eigenvalue weighted by molar-refractivity contribution is 9.10. The number of hydrogen-bond acceptors (Lipinski definition) is 4. The van der Waals surface area contributed by atoms with Crippen molar-refractivity contribution in [3.8, 4) is 0 Å². The minimum Gasteiger partial charge on any atom is -0.376 e. The average molecular weight is 351 g/mol. The van der Waals surface area contributed by atoms with Crippen molar-refractivity contribution in [2.24, 2.45) is 0 Å². The largest absolute Gasteiger partial charge is 0.376 e. The van der Waals surface area contributed by atoms with Crippen molar-refractivity contribution < 1.29 is 0 Å². The highest BCUT2D eigenvalue weighted by atomic mass is 79.9. The number of pyridine rings is 1. The molecule has 2 heterocycles. The molecule has 112 valence electrons. The molecule has 5 nitrogen and oxygen atoms in total. The van der Waals surface area contributed by atoms with Crippen molar-refractivity contribution in [3.05, 3.63) is 51.1 Å². The zero-order valence-electron chi connectivity index (χ0n) is 12.2. The summed E-state index contributed by atoms with van der Waals surface area (Å²) in [5.74, 6) is 0. The molecule has 6 heteroatoms. The molecule has 1 unspecified atom stereocenters. The quantitative estimate of drug-likeness (QED) is 0.867. The van der Waals surface area contributed by atoms with Crippen LogP contribution >= 0.6 is 15.9 Å². The second-order valence-corrected chi connectivity index (χ2v) is 5.70. The molecular weight excluding hydrogens is 332 g/mol. The third-order valence-corrected chi connectivity index (χ3v) is 4.03. The first kappa shape index (κ1) is 15.7. The summed E-state index contributed by atoms with van der Waals surface area (Å²) in [4.78, 5) is 16.3. The van der Waals surface area contributed by atoms with Crippen molar-refractivity contribution in [1.82, 2.24) is 14.8 Å². The molecule has 1 N–H and O–H groups in total. The van der Waals surface area contributed by atoms with Crippen LogP contribution in [-0.4, -0.2) is 14.8 Å². The molecule has 0 radical (unpaired) electrons. The molecule has 0 aliphatic heterocycles. The highest BCUT2D eigenvalue weighted by Crippen LogP contribution is 2.22. The predicted octanol–water partition coefficient (Wildman–Crippen LogP) is 3.37. The Kier molecular flexibility index (Phi) is 5.50. The maximum atomic E-state index is 12.2. The molecule has 0 saturated carbocycles. The van der Waals surface area contributed by atoms with Gasteiger partial charge in [0.15, 0.2) is 0 Å². The number of rotatable bonds is 6. The van der Waals surface area contributed by atoms with Crippen LogP contribution in [0.15, 0.2) is 40.0 Å². The Labute approximate surface area is 132 Å². The van der Waals surface area contributed by atoms with Gasteiger partial charge in [-0.3, -0.25) is 9.78 Å². The number of aryl methyl sites for hydroxylation is 1. The van der Waals surface area contributed by atoms with Crippen LogP contribution < -0.4 is 10.9 Å². The van der Waals surface area contributed by atoms with Crippen LogP contribution in [0.3, 0.4) is 0 Å². The molecular formula is C15H19BrN4O. The van der Waals surface area contributed by atoms with Gasteiger partial charge in [0.1, 0.15) is 4.47 Å². The first-order valence-corrected chi connectivity index (χ1v) is 7.85. The monoisotopic (exact) mass is 350 g/mol. The summed E-state index contributed by atoms with van der Waals surface area (Å²) in [6, 6.07) is 3.93. The second kappa shape index (κ2) is 7.36. The van der Waals surface area contributed by atoms with Crippen molar-refractivity contribution in [2.45, 2.75) is 39.3 Å². The second-order valence-electron chi connectivity index (χ2n) is 4.91. The molecule has 0 aromatic carbocycles. The van der Waals surface area contributed by atoms with E-state index in [0.29, 0.717) is 16.7 Å². The summed E-state index contributed by atoms with van der Waals surface area (Å²) in [6.45, 7) is 4.75. The van der Waals surface area contributed by atoms with Gasteiger partial charge in [0.2, 0.25) is 0 Å². The summed E-state index contributed by atoms with van der Waals surface area (Å²) < 4.78 is 2.01. The lowest BCUT2D eigenvalue weighted by molar-refractivity contribution is 0.541. The fraction of sp³-hybridized carbons (Fsp3) is 0.400. The van der Waals surface area contributed by atoms with Gasteiger partial charge in [-0.2, -0.15) is 5.10 Å². The summed E-state index contributed by atoms with van der Waals surface area (Å²) in [7, 11) is 0. The van der Waals surface area contributed by atoms with Crippen LogP contribution in [0.4, 0.5) is 5.69 Å². The van der Waals surface area contributed by atoms with Gasteiger partial charge >= 0.3 is 0 Å². The fourth-order valence-corrected chi connectivity index (χ4v) is 2.40. The Morgan fingerprint density at radius 3 is 2.90 bits per heavy atom. The van der Waals surface area contributed by atoms with Gasteiger partial charge in [-0.25, -0.2) is 4.68 Å². The van der Waals surface area contributed by atoms with Gasteiger partial charge in [-0.1, -0.05) is 19.4 Å². The predicted molar refractivity (Wildman–Crippen MR) is 87.4 cm³/mol.